The van der Waals surface area contributed by atoms with Crippen LogP contribution in [0.5, 0.6) is 0 Å². The van der Waals surface area contributed by atoms with Crippen molar-refractivity contribution in [3.63, 3.8) is 0 Å². The lowest BCUT2D eigenvalue weighted by atomic mass is 10.1. The molecule has 1 heterocycles. The van der Waals surface area contributed by atoms with Crippen LogP contribution in [0.4, 0.5) is 0 Å². The number of H-pyrrole nitrogens is 2. The topological polar surface area (TPSA) is 85.0 Å². The highest BCUT2D eigenvalue weighted by molar-refractivity contribution is 4.83. The van der Waals surface area contributed by atoms with Crippen LogP contribution in [0.2, 0.25) is 0 Å². The van der Waals surface area contributed by atoms with Gasteiger partial charge in [0.1, 0.15) is 5.82 Å². The summed E-state index contributed by atoms with van der Waals surface area (Å²) in [6, 6.07) is 0. The minimum absolute atomic E-state index is 0.166. The molecule has 6 nitrogen and oxygen atoms in total. The van der Waals surface area contributed by atoms with E-state index in [0.29, 0.717) is 18.3 Å². The van der Waals surface area contributed by atoms with E-state index in [1.807, 2.05) is 7.05 Å². The van der Waals surface area contributed by atoms with Gasteiger partial charge in [-0.3, -0.25) is 9.88 Å². The van der Waals surface area contributed by atoms with Crippen molar-refractivity contribution in [1.82, 2.24) is 20.1 Å². The third kappa shape index (κ3) is 2.70. The number of hydrogen-bond acceptors (Lipinski definition) is 4. The Hall–Kier alpha value is -1.14. The summed E-state index contributed by atoms with van der Waals surface area (Å²) in [6.45, 7) is 1.44. The molecule has 1 fully saturated rings. The summed E-state index contributed by atoms with van der Waals surface area (Å²) in [7, 11) is 1.97. The molecule has 0 bridgehead atoms. The molecule has 1 aromatic rings. The summed E-state index contributed by atoms with van der Waals surface area (Å²) in [5.41, 5.74) is -0.274. The number of nitrogens with zero attached hydrogens (tertiary/aromatic N) is 2. The molecule has 0 aliphatic heterocycles. The van der Waals surface area contributed by atoms with Crippen molar-refractivity contribution in [3.8, 4) is 0 Å². The Kier molecular flexibility index (Phi) is 3.40. The molecule has 0 radical (unpaired) electrons. The Labute approximate surface area is 93.7 Å². The maximum Gasteiger partial charge on any atom is 0.340 e. The summed E-state index contributed by atoms with van der Waals surface area (Å²) in [5.74, 6) is 0.996. The Morgan fingerprint density at radius 1 is 1.56 bits per heavy atom. The third-order valence-corrected chi connectivity index (χ3v) is 3.14. The van der Waals surface area contributed by atoms with Gasteiger partial charge in [0.15, 0.2) is 0 Å². The van der Waals surface area contributed by atoms with Crippen LogP contribution >= 0.6 is 0 Å². The normalized spacial score (nSPS) is 25.4. The first-order valence-corrected chi connectivity index (χ1v) is 5.65. The lowest BCUT2D eigenvalue weighted by Gasteiger charge is -2.21. The van der Waals surface area contributed by atoms with Crippen LogP contribution in [0, 0.1) is 5.92 Å². The molecule has 0 aromatic carbocycles. The van der Waals surface area contributed by atoms with Crippen molar-refractivity contribution in [2.75, 3.05) is 13.6 Å². The minimum Gasteiger partial charge on any atom is -0.393 e. The van der Waals surface area contributed by atoms with E-state index in [0.717, 1.165) is 25.8 Å². The molecule has 1 aromatic heterocycles. The van der Waals surface area contributed by atoms with Gasteiger partial charge in [0, 0.05) is 6.54 Å². The standard InChI is InChI=1S/C10H18N4O2/c1-14(5-7-3-2-4-8(7)15)6-9-11-10(16)13-12-9/h7-8,15H,2-6H2,1H3,(H2,11,12,13,16). The van der Waals surface area contributed by atoms with Crippen LogP contribution in [-0.4, -0.2) is 44.9 Å². The molecule has 1 aliphatic carbocycles. The predicted octanol–water partition coefficient (Wildman–Crippen LogP) is -0.309. The van der Waals surface area contributed by atoms with Gasteiger partial charge in [-0.05, 0) is 25.8 Å². The van der Waals surface area contributed by atoms with E-state index < -0.39 is 0 Å². The first-order valence-electron chi connectivity index (χ1n) is 5.65. The van der Waals surface area contributed by atoms with Gasteiger partial charge in [-0.2, -0.15) is 5.10 Å². The van der Waals surface area contributed by atoms with Gasteiger partial charge >= 0.3 is 5.69 Å². The van der Waals surface area contributed by atoms with Crippen molar-refractivity contribution < 1.29 is 5.11 Å². The van der Waals surface area contributed by atoms with E-state index in [9.17, 15) is 9.90 Å². The number of hydrogen-bond donors (Lipinski definition) is 3. The average Bonchev–Trinajstić information content (AvgIpc) is 2.77. The van der Waals surface area contributed by atoms with Gasteiger partial charge in [-0.1, -0.05) is 6.42 Å². The van der Waals surface area contributed by atoms with Gasteiger partial charge in [0.05, 0.1) is 12.6 Å². The van der Waals surface area contributed by atoms with Crippen molar-refractivity contribution in [2.45, 2.75) is 31.9 Å². The Bertz CT molecular complexity index is 386. The monoisotopic (exact) mass is 226 g/mol. The smallest absolute Gasteiger partial charge is 0.340 e. The van der Waals surface area contributed by atoms with Gasteiger partial charge in [0.2, 0.25) is 0 Å². The molecule has 90 valence electrons. The molecule has 3 N–H and O–H groups in total. The molecule has 2 rings (SSSR count). The Morgan fingerprint density at radius 2 is 2.38 bits per heavy atom. The number of nitrogens with one attached hydrogen (secondary N) is 2. The molecule has 0 saturated heterocycles. The number of aromatic amines is 2. The van der Waals surface area contributed by atoms with E-state index in [1.165, 1.54) is 0 Å². The Balaban J connectivity index is 1.84. The highest BCUT2D eigenvalue weighted by atomic mass is 16.3. The van der Waals surface area contributed by atoms with E-state index in [2.05, 4.69) is 20.1 Å². The van der Waals surface area contributed by atoms with Crippen LogP contribution in [0.25, 0.3) is 0 Å². The zero-order valence-corrected chi connectivity index (χ0v) is 9.44. The van der Waals surface area contributed by atoms with Crippen molar-refractivity contribution in [3.05, 3.63) is 16.3 Å². The molecular formula is C10H18N4O2. The van der Waals surface area contributed by atoms with Crippen molar-refractivity contribution in [2.24, 2.45) is 5.92 Å². The number of aliphatic hydroxyl groups excluding tert-OH is 1. The van der Waals surface area contributed by atoms with E-state index in [4.69, 9.17) is 0 Å². The predicted molar refractivity (Wildman–Crippen MR) is 58.9 cm³/mol. The fraction of sp³-hybridized carbons (Fsp3) is 0.800. The van der Waals surface area contributed by atoms with E-state index >= 15 is 0 Å². The fourth-order valence-corrected chi connectivity index (χ4v) is 2.33. The lowest BCUT2D eigenvalue weighted by molar-refractivity contribution is 0.107. The molecular weight excluding hydrogens is 208 g/mol. The minimum atomic E-state index is -0.274. The van der Waals surface area contributed by atoms with E-state index in [-0.39, 0.29) is 11.8 Å². The molecule has 2 atom stereocenters. The third-order valence-electron chi connectivity index (χ3n) is 3.14. The number of aromatic nitrogens is 3. The first kappa shape index (κ1) is 11.3. The summed E-state index contributed by atoms with van der Waals surface area (Å²) in [5, 5.41) is 15.9. The average molecular weight is 226 g/mol. The molecule has 1 aliphatic rings. The summed E-state index contributed by atoms with van der Waals surface area (Å²) < 4.78 is 0. The summed E-state index contributed by atoms with van der Waals surface area (Å²) in [4.78, 5) is 15.5. The van der Waals surface area contributed by atoms with Crippen LogP contribution in [0.1, 0.15) is 25.1 Å². The van der Waals surface area contributed by atoms with Crippen molar-refractivity contribution >= 4 is 0 Å². The first-order chi connectivity index (χ1) is 7.65. The zero-order valence-electron chi connectivity index (χ0n) is 9.44. The van der Waals surface area contributed by atoms with Crippen LogP contribution in [0.15, 0.2) is 4.79 Å². The molecule has 6 heteroatoms. The van der Waals surface area contributed by atoms with Gasteiger partial charge in [0.25, 0.3) is 0 Å². The van der Waals surface area contributed by atoms with Crippen LogP contribution < -0.4 is 5.69 Å². The molecule has 0 spiro atoms. The fourth-order valence-electron chi connectivity index (χ4n) is 2.33. The van der Waals surface area contributed by atoms with Gasteiger partial charge in [-0.25, -0.2) is 9.89 Å². The highest BCUT2D eigenvalue weighted by Gasteiger charge is 2.26. The van der Waals surface area contributed by atoms with Gasteiger partial charge in [-0.15, -0.1) is 0 Å². The second-order valence-electron chi connectivity index (χ2n) is 4.58. The largest absolute Gasteiger partial charge is 0.393 e. The highest BCUT2D eigenvalue weighted by Crippen LogP contribution is 2.26. The maximum absolute atomic E-state index is 10.8. The number of aliphatic hydroxyl groups is 1. The molecule has 2 unspecified atom stereocenters. The molecule has 0 amide bonds. The van der Waals surface area contributed by atoms with Crippen LogP contribution in [-0.2, 0) is 6.54 Å². The van der Waals surface area contributed by atoms with Crippen molar-refractivity contribution in [1.29, 1.82) is 0 Å². The Morgan fingerprint density at radius 3 is 2.94 bits per heavy atom. The SMILES string of the molecule is CN(Cc1n[nH]c(=O)[nH]1)CC1CCCC1O. The van der Waals surface area contributed by atoms with E-state index in [1.54, 1.807) is 0 Å². The molecule has 16 heavy (non-hydrogen) atoms. The summed E-state index contributed by atoms with van der Waals surface area (Å²) >= 11 is 0. The number of rotatable bonds is 4. The zero-order chi connectivity index (χ0) is 11.5. The second-order valence-corrected chi connectivity index (χ2v) is 4.58. The van der Waals surface area contributed by atoms with Gasteiger partial charge < -0.3 is 5.11 Å². The second kappa shape index (κ2) is 4.80. The molecule has 1 saturated carbocycles. The van der Waals surface area contributed by atoms with Crippen LogP contribution in [0.3, 0.4) is 0 Å². The maximum atomic E-state index is 10.8. The lowest BCUT2D eigenvalue weighted by Crippen LogP contribution is -2.29. The summed E-state index contributed by atoms with van der Waals surface area (Å²) in [6.07, 6.45) is 2.94. The quantitative estimate of drug-likeness (QED) is 0.657.